The summed E-state index contributed by atoms with van der Waals surface area (Å²) in [5.74, 6) is 0.323. The Balaban J connectivity index is 1.75. The Kier molecular flexibility index (Phi) is 5.08. The number of benzene rings is 1. The van der Waals surface area contributed by atoms with Crippen molar-refractivity contribution in [1.29, 1.82) is 0 Å². The van der Waals surface area contributed by atoms with Crippen molar-refractivity contribution in [3.8, 4) is 0 Å². The van der Waals surface area contributed by atoms with Gasteiger partial charge in [-0.05, 0) is 25.0 Å². The van der Waals surface area contributed by atoms with Crippen LogP contribution in [0.3, 0.4) is 0 Å². The van der Waals surface area contributed by atoms with Crippen LogP contribution in [-0.2, 0) is 11.3 Å². The minimum Gasteiger partial charge on any atom is -0.355 e. The molecule has 2 rings (SSSR count). The summed E-state index contributed by atoms with van der Waals surface area (Å²) in [6, 6.07) is 4.99. The van der Waals surface area contributed by atoms with E-state index in [-0.39, 0.29) is 17.5 Å². The number of carbonyl (C=O) groups excluding carboxylic acids is 1. The fourth-order valence-electron chi connectivity index (χ4n) is 1.84. The van der Waals surface area contributed by atoms with Gasteiger partial charge in [-0.25, -0.2) is 0 Å². The van der Waals surface area contributed by atoms with E-state index in [4.69, 9.17) is 0 Å². The number of carbonyl (C=O) groups is 1. The van der Waals surface area contributed by atoms with E-state index in [9.17, 15) is 14.9 Å². The molecule has 1 amide bonds. The van der Waals surface area contributed by atoms with Gasteiger partial charge < -0.3 is 10.6 Å². The van der Waals surface area contributed by atoms with Gasteiger partial charge in [-0.3, -0.25) is 14.9 Å². The van der Waals surface area contributed by atoms with Gasteiger partial charge in [0.1, 0.15) is 0 Å². The quantitative estimate of drug-likeness (QED) is 0.451. The molecule has 108 valence electrons. The van der Waals surface area contributed by atoms with Gasteiger partial charge in [-0.1, -0.05) is 15.9 Å². The van der Waals surface area contributed by atoms with Gasteiger partial charge in [-0.15, -0.1) is 0 Å². The van der Waals surface area contributed by atoms with Crippen LogP contribution >= 0.6 is 15.9 Å². The molecule has 1 aliphatic carbocycles. The summed E-state index contributed by atoms with van der Waals surface area (Å²) in [5.41, 5.74) is 0.723. The lowest BCUT2D eigenvalue weighted by Crippen LogP contribution is -2.32. The van der Waals surface area contributed by atoms with Gasteiger partial charge in [0, 0.05) is 41.7 Å². The zero-order valence-electron chi connectivity index (χ0n) is 10.9. The average molecular weight is 342 g/mol. The largest absolute Gasteiger partial charge is 0.355 e. The van der Waals surface area contributed by atoms with E-state index in [1.165, 1.54) is 6.07 Å². The molecule has 0 aromatic heterocycles. The first-order valence-electron chi connectivity index (χ1n) is 6.49. The van der Waals surface area contributed by atoms with Crippen LogP contribution in [0.4, 0.5) is 5.69 Å². The monoisotopic (exact) mass is 341 g/mol. The van der Waals surface area contributed by atoms with Crippen molar-refractivity contribution in [2.75, 3.05) is 13.1 Å². The zero-order chi connectivity index (χ0) is 14.5. The lowest BCUT2D eigenvalue weighted by atomic mass is 10.2. The van der Waals surface area contributed by atoms with Gasteiger partial charge in [0.05, 0.1) is 4.92 Å². The Hall–Kier alpha value is -1.47. The van der Waals surface area contributed by atoms with Crippen LogP contribution in [0, 0.1) is 16.0 Å². The van der Waals surface area contributed by atoms with E-state index in [2.05, 4.69) is 26.6 Å². The summed E-state index contributed by atoms with van der Waals surface area (Å²) < 4.78 is 0.685. The Morgan fingerprint density at radius 1 is 1.40 bits per heavy atom. The van der Waals surface area contributed by atoms with Crippen molar-refractivity contribution in [2.45, 2.75) is 19.4 Å². The summed E-state index contributed by atoms with van der Waals surface area (Å²) in [4.78, 5) is 21.9. The summed E-state index contributed by atoms with van der Waals surface area (Å²) >= 11 is 3.22. The predicted molar refractivity (Wildman–Crippen MR) is 78.2 cm³/mol. The maximum atomic E-state index is 11.4. The van der Waals surface area contributed by atoms with Crippen LogP contribution in [0.25, 0.3) is 0 Å². The van der Waals surface area contributed by atoms with Gasteiger partial charge in [0.15, 0.2) is 0 Å². The molecule has 20 heavy (non-hydrogen) atoms. The molecule has 0 heterocycles. The topological polar surface area (TPSA) is 84.3 Å². The molecule has 1 saturated carbocycles. The highest BCUT2D eigenvalue weighted by atomic mass is 79.9. The number of nitro groups is 1. The van der Waals surface area contributed by atoms with Crippen LogP contribution in [0.2, 0.25) is 0 Å². The fourth-order valence-corrected chi connectivity index (χ4v) is 2.19. The van der Waals surface area contributed by atoms with Crippen molar-refractivity contribution in [3.63, 3.8) is 0 Å². The van der Waals surface area contributed by atoms with E-state index in [0.29, 0.717) is 29.7 Å². The molecule has 1 fully saturated rings. The van der Waals surface area contributed by atoms with Crippen LogP contribution < -0.4 is 10.6 Å². The van der Waals surface area contributed by atoms with Crippen LogP contribution in [0.5, 0.6) is 0 Å². The zero-order valence-corrected chi connectivity index (χ0v) is 12.5. The summed E-state index contributed by atoms with van der Waals surface area (Å²) in [7, 11) is 0. The second kappa shape index (κ2) is 6.81. The Bertz CT molecular complexity index is 518. The second-order valence-electron chi connectivity index (χ2n) is 4.77. The molecular weight excluding hydrogens is 326 g/mol. The predicted octanol–water partition coefficient (Wildman–Crippen LogP) is 1.97. The number of nitro benzene ring substituents is 1. The Morgan fingerprint density at radius 3 is 2.80 bits per heavy atom. The molecule has 0 spiro atoms. The molecule has 0 atom stereocenters. The number of nitrogens with one attached hydrogen (secondary N) is 2. The van der Waals surface area contributed by atoms with E-state index < -0.39 is 4.92 Å². The molecule has 1 aromatic rings. The van der Waals surface area contributed by atoms with E-state index in [1.807, 2.05) is 0 Å². The lowest BCUT2D eigenvalue weighted by molar-refractivity contribution is -0.385. The van der Waals surface area contributed by atoms with Crippen molar-refractivity contribution < 1.29 is 9.72 Å². The number of hydrogen-bond acceptors (Lipinski definition) is 4. The normalized spacial score (nSPS) is 14.1. The standard InChI is InChI=1S/C13H16BrN3O3/c14-11-4-3-10(12(7-11)17(19)20)8-15-5-6-16-13(18)9-1-2-9/h3-4,7,9,15H,1-2,5-6,8H2,(H,16,18). The number of amides is 1. The molecule has 7 heteroatoms. The summed E-state index contributed by atoms with van der Waals surface area (Å²) in [6.07, 6.45) is 1.98. The van der Waals surface area contributed by atoms with Crippen molar-refractivity contribution >= 4 is 27.5 Å². The van der Waals surface area contributed by atoms with Crippen molar-refractivity contribution in [2.24, 2.45) is 5.92 Å². The minimum atomic E-state index is -0.392. The van der Waals surface area contributed by atoms with Crippen LogP contribution in [0.15, 0.2) is 22.7 Å². The fraction of sp³-hybridized carbons (Fsp3) is 0.462. The molecule has 1 aliphatic rings. The summed E-state index contributed by atoms with van der Waals surface area (Å²) in [5, 5.41) is 16.9. The highest BCUT2D eigenvalue weighted by Crippen LogP contribution is 2.28. The molecule has 0 bridgehead atoms. The highest BCUT2D eigenvalue weighted by Gasteiger charge is 2.28. The van der Waals surface area contributed by atoms with Crippen LogP contribution in [0.1, 0.15) is 18.4 Å². The van der Waals surface area contributed by atoms with E-state index in [1.54, 1.807) is 12.1 Å². The van der Waals surface area contributed by atoms with E-state index in [0.717, 1.165) is 12.8 Å². The van der Waals surface area contributed by atoms with E-state index >= 15 is 0 Å². The third-order valence-electron chi connectivity index (χ3n) is 3.11. The summed E-state index contributed by atoms with van der Waals surface area (Å²) in [6.45, 7) is 1.54. The molecular formula is C13H16BrN3O3. The Labute approximate surface area is 125 Å². The highest BCUT2D eigenvalue weighted by molar-refractivity contribution is 9.10. The molecule has 0 aliphatic heterocycles. The molecule has 0 radical (unpaired) electrons. The van der Waals surface area contributed by atoms with Crippen molar-refractivity contribution in [3.05, 3.63) is 38.3 Å². The average Bonchev–Trinajstić information content (AvgIpc) is 3.23. The number of rotatable bonds is 7. The first-order valence-corrected chi connectivity index (χ1v) is 7.28. The van der Waals surface area contributed by atoms with Gasteiger partial charge in [0.2, 0.25) is 5.91 Å². The molecule has 0 saturated heterocycles. The lowest BCUT2D eigenvalue weighted by Gasteiger charge is -2.07. The van der Waals surface area contributed by atoms with Gasteiger partial charge >= 0.3 is 0 Å². The SMILES string of the molecule is O=C(NCCNCc1ccc(Br)cc1[N+](=O)[O-])C1CC1. The smallest absolute Gasteiger partial charge is 0.275 e. The maximum Gasteiger partial charge on any atom is 0.275 e. The third kappa shape index (κ3) is 4.28. The maximum absolute atomic E-state index is 11.4. The number of halogens is 1. The van der Waals surface area contributed by atoms with Crippen molar-refractivity contribution in [1.82, 2.24) is 10.6 Å². The molecule has 0 unspecified atom stereocenters. The Morgan fingerprint density at radius 2 is 2.15 bits per heavy atom. The molecule has 1 aromatic carbocycles. The van der Waals surface area contributed by atoms with Gasteiger partial charge in [-0.2, -0.15) is 0 Å². The first-order chi connectivity index (χ1) is 9.58. The third-order valence-corrected chi connectivity index (χ3v) is 3.60. The minimum absolute atomic E-state index is 0.0916. The second-order valence-corrected chi connectivity index (χ2v) is 5.69. The van der Waals surface area contributed by atoms with Crippen LogP contribution in [-0.4, -0.2) is 23.9 Å². The molecule has 6 nitrogen and oxygen atoms in total. The number of hydrogen-bond donors (Lipinski definition) is 2. The first kappa shape index (κ1) is 14.9. The molecule has 2 N–H and O–H groups in total. The number of nitrogens with zero attached hydrogens (tertiary/aromatic N) is 1. The van der Waals surface area contributed by atoms with Gasteiger partial charge in [0.25, 0.3) is 5.69 Å².